The van der Waals surface area contributed by atoms with E-state index < -0.39 is 25.9 Å². The summed E-state index contributed by atoms with van der Waals surface area (Å²) in [5.74, 6) is 0.292. The minimum atomic E-state index is -3.54. The van der Waals surface area contributed by atoms with E-state index in [1.54, 1.807) is 4.90 Å². The Bertz CT molecular complexity index is 644. The zero-order valence-corrected chi connectivity index (χ0v) is 15.4. The standard InChI is InChI=1S/C14H26N2O5S2/c1-12-4-3-7-15(10-12)14(17)5-8-16(22(2,18)19)13-6-9-23(20,21)11-13/h12-13H,3-11H2,1-2H3. The smallest absolute Gasteiger partial charge is 0.223 e. The van der Waals surface area contributed by atoms with Crippen LogP contribution in [0.3, 0.4) is 0 Å². The maximum Gasteiger partial charge on any atom is 0.223 e. The Morgan fingerprint density at radius 3 is 2.52 bits per heavy atom. The van der Waals surface area contributed by atoms with E-state index in [-0.39, 0.29) is 30.4 Å². The van der Waals surface area contributed by atoms with Crippen molar-refractivity contribution in [1.82, 2.24) is 9.21 Å². The summed E-state index contributed by atoms with van der Waals surface area (Å²) in [6, 6.07) is -0.539. The molecule has 2 aliphatic heterocycles. The Morgan fingerprint density at radius 1 is 1.30 bits per heavy atom. The minimum Gasteiger partial charge on any atom is -0.342 e. The number of likely N-dealkylation sites (tertiary alicyclic amines) is 1. The summed E-state index contributed by atoms with van der Waals surface area (Å²) in [5, 5.41) is 0. The van der Waals surface area contributed by atoms with Crippen LogP contribution in [0.1, 0.15) is 32.6 Å². The number of piperidine rings is 1. The number of rotatable bonds is 5. The normalized spacial score (nSPS) is 28.2. The molecule has 23 heavy (non-hydrogen) atoms. The number of sulfonamides is 1. The molecule has 0 aromatic rings. The molecule has 0 spiro atoms. The SMILES string of the molecule is CC1CCCN(C(=O)CCN(C2CCS(=O)(=O)C2)S(C)(=O)=O)C1. The van der Waals surface area contributed by atoms with Crippen molar-refractivity contribution in [2.75, 3.05) is 37.4 Å². The summed E-state index contributed by atoms with van der Waals surface area (Å²) in [6.45, 7) is 3.60. The van der Waals surface area contributed by atoms with Gasteiger partial charge < -0.3 is 4.90 Å². The van der Waals surface area contributed by atoms with E-state index in [9.17, 15) is 21.6 Å². The summed E-state index contributed by atoms with van der Waals surface area (Å²) in [5.41, 5.74) is 0. The lowest BCUT2D eigenvalue weighted by Crippen LogP contribution is -2.44. The van der Waals surface area contributed by atoms with Gasteiger partial charge in [-0.2, -0.15) is 4.31 Å². The van der Waals surface area contributed by atoms with Gasteiger partial charge in [0, 0.05) is 32.1 Å². The highest BCUT2D eigenvalue weighted by atomic mass is 32.2. The van der Waals surface area contributed by atoms with Crippen LogP contribution in [0.25, 0.3) is 0 Å². The van der Waals surface area contributed by atoms with Gasteiger partial charge in [-0.15, -0.1) is 0 Å². The maximum atomic E-state index is 12.3. The second-order valence-corrected chi connectivity index (χ2v) is 10.9. The van der Waals surface area contributed by atoms with Crippen molar-refractivity contribution in [3.05, 3.63) is 0 Å². The molecule has 2 fully saturated rings. The van der Waals surface area contributed by atoms with Gasteiger partial charge in [-0.3, -0.25) is 4.79 Å². The quantitative estimate of drug-likeness (QED) is 0.687. The number of hydrogen-bond donors (Lipinski definition) is 0. The molecule has 9 heteroatoms. The van der Waals surface area contributed by atoms with Crippen LogP contribution in [0.5, 0.6) is 0 Å². The zero-order chi connectivity index (χ0) is 17.3. The molecule has 134 valence electrons. The van der Waals surface area contributed by atoms with Crippen LogP contribution in [-0.2, 0) is 24.7 Å². The van der Waals surface area contributed by atoms with Gasteiger partial charge in [-0.05, 0) is 25.2 Å². The first kappa shape index (κ1) is 18.7. The molecule has 2 saturated heterocycles. The van der Waals surface area contributed by atoms with Gasteiger partial charge in [-0.25, -0.2) is 16.8 Å². The van der Waals surface area contributed by atoms with Crippen molar-refractivity contribution in [1.29, 1.82) is 0 Å². The van der Waals surface area contributed by atoms with Crippen molar-refractivity contribution < 1.29 is 21.6 Å². The number of nitrogens with zero attached hydrogens (tertiary/aromatic N) is 2. The number of carbonyl (C=O) groups excluding carboxylic acids is 1. The van der Waals surface area contributed by atoms with E-state index in [1.165, 1.54) is 4.31 Å². The molecule has 0 aliphatic carbocycles. The van der Waals surface area contributed by atoms with Crippen molar-refractivity contribution in [3.8, 4) is 0 Å². The van der Waals surface area contributed by atoms with E-state index >= 15 is 0 Å². The topological polar surface area (TPSA) is 91.8 Å². The number of sulfone groups is 1. The Hall–Kier alpha value is -0.670. The van der Waals surface area contributed by atoms with Crippen LogP contribution < -0.4 is 0 Å². The third-order valence-electron chi connectivity index (χ3n) is 4.60. The van der Waals surface area contributed by atoms with E-state index in [4.69, 9.17) is 0 Å². The lowest BCUT2D eigenvalue weighted by atomic mass is 10.00. The first-order chi connectivity index (χ1) is 10.6. The summed E-state index contributed by atoms with van der Waals surface area (Å²) < 4.78 is 48.3. The summed E-state index contributed by atoms with van der Waals surface area (Å²) in [6.07, 6.45) is 3.58. The second kappa shape index (κ2) is 7.06. The third kappa shape index (κ3) is 5.15. The highest BCUT2D eigenvalue weighted by molar-refractivity contribution is 7.92. The second-order valence-electron chi connectivity index (χ2n) is 6.77. The molecule has 2 atom stereocenters. The fourth-order valence-corrected chi connectivity index (χ4v) is 6.37. The van der Waals surface area contributed by atoms with E-state index in [0.29, 0.717) is 12.3 Å². The first-order valence-electron chi connectivity index (χ1n) is 8.03. The highest BCUT2D eigenvalue weighted by Gasteiger charge is 2.36. The van der Waals surface area contributed by atoms with Gasteiger partial charge >= 0.3 is 0 Å². The van der Waals surface area contributed by atoms with Gasteiger partial charge in [0.25, 0.3) is 0 Å². The number of carbonyl (C=O) groups is 1. The fourth-order valence-electron chi connectivity index (χ4n) is 3.40. The highest BCUT2D eigenvalue weighted by Crippen LogP contribution is 2.21. The van der Waals surface area contributed by atoms with Gasteiger partial charge in [0.2, 0.25) is 15.9 Å². The minimum absolute atomic E-state index is 0.0152. The van der Waals surface area contributed by atoms with Gasteiger partial charge in [0.1, 0.15) is 0 Å². The molecule has 0 saturated carbocycles. The number of hydrogen-bond acceptors (Lipinski definition) is 5. The molecule has 0 aromatic carbocycles. The molecule has 0 radical (unpaired) electrons. The molecule has 2 unspecified atom stereocenters. The Balaban J connectivity index is 1.98. The van der Waals surface area contributed by atoms with Gasteiger partial charge in [0.05, 0.1) is 17.8 Å². The Morgan fingerprint density at radius 2 is 2.00 bits per heavy atom. The summed E-state index contributed by atoms with van der Waals surface area (Å²) >= 11 is 0. The van der Waals surface area contributed by atoms with Crippen LogP contribution in [0, 0.1) is 5.92 Å². The van der Waals surface area contributed by atoms with Crippen LogP contribution >= 0.6 is 0 Å². The Labute approximate surface area is 139 Å². The molecule has 2 heterocycles. The van der Waals surface area contributed by atoms with E-state index in [2.05, 4.69) is 6.92 Å². The van der Waals surface area contributed by atoms with Crippen molar-refractivity contribution in [2.24, 2.45) is 5.92 Å². The predicted octanol–water partition coefficient (Wildman–Crippen LogP) is 0.0837. The molecular weight excluding hydrogens is 340 g/mol. The van der Waals surface area contributed by atoms with E-state index in [0.717, 1.165) is 32.2 Å². The van der Waals surface area contributed by atoms with Crippen molar-refractivity contribution >= 4 is 25.8 Å². The van der Waals surface area contributed by atoms with Gasteiger partial charge in [0.15, 0.2) is 9.84 Å². The average molecular weight is 367 g/mol. The summed E-state index contributed by atoms with van der Waals surface area (Å²) in [4.78, 5) is 14.1. The monoisotopic (exact) mass is 366 g/mol. The molecular formula is C14H26N2O5S2. The maximum absolute atomic E-state index is 12.3. The molecule has 0 bridgehead atoms. The third-order valence-corrected chi connectivity index (χ3v) is 7.68. The largest absolute Gasteiger partial charge is 0.342 e. The van der Waals surface area contributed by atoms with Crippen molar-refractivity contribution in [3.63, 3.8) is 0 Å². The molecule has 2 aliphatic rings. The molecule has 7 nitrogen and oxygen atoms in total. The van der Waals surface area contributed by atoms with Gasteiger partial charge in [-0.1, -0.05) is 6.92 Å². The molecule has 1 amide bonds. The Kier molecular flexibility index (Phi) is 5.73. The van der Waals surface area contributed by atoms with Crippen LogP contribution in [-0.4, -0.2) is 75.4 Å². The van der Waals surface area contributed by atoms with E-state index in [1.807, 2.05) is 0 Å². The predicted molar refractivity (Wildman–Crippen MR) is 88.2 cm³/mol. The summed E-state index contributed by atoms with van der Waals surface area (Å²) in [7, 11) is -6.71. The van der Waals surface area contributed by atoms with Crippen molar-refractivity contribution in [2.45, 2.75) is 38.6 Å². The van der Waals surface area contributed by atoms with Crippen LogP contribution in [0.15, 0.2) is 0 Å². The lowest BCUT2D eigenvalue weighted by Gasteiger charge is -2.32. The average Bonchev–Trinajstić information content (AvgIpc) is 2.77. The fraction of sp³-hybridized carbons (Fsp3) is 0.929. The van der Waals surface area contributed by atoms with Crippen LogP contribution in [0.2, 0.25) is 0 Å². The number of amides is 1. The molecule has 2 rings (SSSR count). The lowest BCUT2D eigenvalue weighted by molar-refractivity contribution is -0.133. The first-order valence-corrected chi connectivity index (χ1v) is 11.7. The van der Waals surface area contributed by atoms with Crippen LogP contribution in [0.4, 0.5) is 0 Å². The molecule has 0 aromatic heterocycles. The molecule has 0 N–H and O–H groups in total. The zero-order valence-electron chi connectivity index (χ0n) is 13.8.